The molecule has 3 N–H and O–H groups in total. The van der Waals surface area contributed by atoms with Crippen LogP contribution in [0.15, 0.2) is 12.1 Å². The van der Waals surface area contributed by atoms with Gasteiger partial charge in [0, 0.05) is 17.8 Å². The molecule has 19 heavy (non-hydrogen) atoms. The minimum Gasteiger partial charge on any atom is -0.398 e. The monoisotopic (exact) mass is 260 g/mol. The maximum Gasteiger partial charge on any atom is 0.251 e. The Morgan fingerprint density at radius 3 is 2.58 bits per heavy atom. The van der Waals surface area contributed by atoms with Gasteiger partial charge >= 0.3 is 0 Å². The highest BCUT2D eigenvalue weighted by Crippen LogP contribution is 2.48. The number of carbonyl (C=O) groups is 1. The van der Waals surface area contributed by atoms with Crippen molar-refractivity contribution >= 4 is 11.6 Å². The Bertz CT molecular complexity index is 490. The molecule has 0 bridgehead atoms. The molecule has 0 aliphatic heterocycles. The highest BCUT2D eigenvalue weighted by atomic mass is 16.1. The molecule has 0 atom stereocenters. The molecule has 1 amide bonds. The summed E-state index contributed by atoms with van der Waals surface area (Å²) in [5.41, 5.74) is 9.68. The van der Waals surface area contributed by atoms with Crippen molar-refractivity contribution < 1.29 is 4.79 Å². The number of carbonyl (C=O) groups excluding carboxylic acids is 1. The maximum atomic E-state index is 12.2. The highest BCUT2D eigenvalue weighted by Gasteiger charge is 2.41. The van der Waals surface area contributed by atoms with Crippen LogP contribution >= 0.6 is 0 Å². The molecule has 0 radical (unpaired) electrons. The van der Waals surface area contributed by atoms with E-state index in [1.54, 1.807) is 6.07 Å². The van der Waals surface area contributed by atoms with Gasteiger partial charge in [-0.1, -0.05) is 19.4 Å². The molecule has 104 valence electrons. The number of rotatable bonds is 5. The SMILES string of the molecule is CCCC1(CNC(=O)c2cc(N)c(C)cc2C)CC1. The lowest BCUT2D eigenvalue weighted by Crippen LogP contribution is -2.30. The zero-order valence-corrected chi connectivity index (χ0v) is 12.2. The summed E-state index contributed by atoms with van der Waals surface area (Å²) in [4.78, 5) is 12.2. The van der Waals surface area contributed by atoms with Crippen molar-refractivity contribution in [2.75, 3.05) is 12.3 Å². The van der Waals surface area contributed by atoms with Crippen LogP contribution in [0.4, 0.5) is 5.69 Å². The first-order chi connectivity index (χ1) is 8.97. The molecule has 1 fully saturated rings. The van der Waals surface area contributed by atoms with Crippen molar-refractivity contribution in [3.63, 3.8) is 0 Å². The van der Waals surface area contributed by atoms with E-state index in [9.17, 15) is 4.79 Å². The molecule has 1 aromatic rings. The Labute approximate surface area is 115 Å². The molecule has 0 heterocycles. The summed E-state index contributed by atoms with van der Waals surface area (Å²) < 4.78 is 0. The van der Waals surface area contributed by atoms with Crippen LogP contribution in [-0.2, 0) is 0 Å². The van der Waals surface area contributed by atoms with Gasteiger partial charge in [-0.2, -0.15) is 0 Å². The van der Waals surface area contributed by atoms with E-state index in [1.165, 1.54) is 25.7 Å². The average molecular weight is 260 g/mol. The van der Waals surface area contributed by atoms with Gasteiger partial charge in [0.05, 0.1) is 0 Å². The van der Waals surface area contributed by atoms with Crippen molar-refractivity contribution in [2.24, 2.45) is 5.41 Å². The van der Waals surface area contributed by atoms with Gasteiger partial charge in [0.15, 0.2) is 0 Å². The van der Waals surface area contributed by atoms with Crippen LogP contribution in [-0.4, -0.2) is 12.5 Å². The van der Waals surface area contributed by atoms with E-state index in [0.29, 0.717) is 16.7 Å². The number of hydrogen-bond donors (Lipinski definition) is 2. The molecule has 3 heteroatoms. The van der Waals surface area contributed by atoms with E-state index in [-0.39, 0.29) is 5.91 Å². The van der Waals surface area contributed by atoms with Crippen LogP contribution in [0, 0.1) is 19.3 Å². The third kappa shape index (κ3) is 3.09. The Hall–Kier alpha value is -1.51. The van der Waals surface area contributed by atoms with E-state index in [1.807, 2.05) is 19.9 Å². The summed E-state index contributed by atoms with van der Waals surface area (Å²) in [7, 11) is 0. The van der Waals surface area contributed by atoms with Crippen molar-refractivity contribution in [1.82, 2.24) is 5.32 Å². The summed E-state index contributed by atoms with van der Waals surface area (Å²) in [5, 5.41) is 3.08. The van der Waals surface area contributed by atoms with Gasteiger partial charge in [0.1, 0.15) is 0 Å². The number of nitrogens with two attached hydrogens (primary N) is 1. The van der Waals surface area contributed by atoms with Crippen LogP contribution in [0.3, 0.4) is 0 Å². The number of nitrogen functional groups attached to an aromatic ring is 1. The van der Waals surface area contributed by atoms with Crippen molar-refractivity contribution in [2.45, 2.75) is 46.5 Å². The van der Waals surface area contributed by atoms with Gasteiger partial charge in [-0.3, -0.25) is 4.79 Å². The highest BCUT2D eigenvalue weighted by molar-refractivity contribution is 5.96. The quantitative estimate of drug-likeness (QED) is 0.799. The summed E-state index contributed by atoms with van der Waals surface area (Å²) in [6.07, 6.45) is 4.89. The lowest BCUT2D eigenvalue weighted by Gasteiger charge is -2.16. The average Bonchev–Trinajstić information content (AvgIpc) is 3.12. The van der Waals surface area contributed by atoms with Gasteiger partial charge in [-0.15, -0.1) is 0 Å². The molecule has 1 aliphatic rings. The number of anilines is 1. The van der Waals surface area contributed by atoms with Crippen molar-refractivity contribution in [3.05, 3.63) is 28.8 Å². The Kier molecular flexibility index (Phi) is 3.83. The molecule has 0 unspecified atom stereocenters. The lowest BCUT2D eigenvalue weighted by atomic mass is 9.99. The fraction of sp³-hybridized carbons (Fsp3) is 0.562. The predicted molar refractivity (Wildman–Crippen MR) is 79.2 cm³/mol. The predicted octanol–water partition coefficient (Wildman–Crippen LogP) is 3.20. The summed E-state index contributed by atoms with van der Waals surface area (Å²) in [5.74, 6) is 0.00609. The van der Waals surface area contributed by atoms with Gasteiger partial charge in [0.25, 0.3) is 5.91 Å². The normalized spacial score (nSPS) is 16.2. The van der Waals surface area contributed by atoms with E-state index in [0.717, 1.165) is 17.7 Å². The number of amides is 1. The maximum absolute atomic E-state index is 12.2. The second-order valence-corrected chi connectivity index (χ2v) is 5.96. The van der Waals surface area contributed by atoms with Crippen LogP contribution < -0.4 is 11.1 Å². The van der Waals surface area contributed by atoms with E-state index in [4.69, 9.17) is 5.73 Å². The zero-order chi connectivity index (χ0) is 14.0. The molecule has 1 aromatic carbocycles. The second kappa shape index (κ2) is 5.24. The van der Waals surface area contributed by atoms with E-state index in [2.05, 4.69) is 12.2 Å². The molecule has 1 aliphatic carbocycles. The van der Waals surface area contributed by atoms with Crippen LogP contribution in [0.1, 0.15) is 54.1 Å². The molecular weight excluding hydrogens is 236 g/mol. The van der Waals surface area contributed by atoms with Gasteiger partial charge in [-0.25, -0.2) is 0 Å². The lowest BCUT2D eigenvalue weighted by molar-refractivity contribution is 0.0943. The largest absolute Gasteiger partial charge is 0.398 e. The summed E-state index contributed by atoms with van der Waals surface area (Å²) in [6.45, 7) is 6.92. The second-order valence-electron chi connectivity index (χ2n) is 5.96. The number of aryl methyl sites for hydroxylation is 2. The van der Waals surface area contributed by atoms with Gasteiger partial charge in [-0.05, 0) is 55.7 Å². The van der Waals surface area contributed by atoms with E-state index >= 15 is 0 Å². The molecule has 0 spiro atoms. The van der Waals surface area contributed by atoms with Gasteiger partial charge in [0.2, 0.25) is 0 Å². The number of hydrogen-bond acceptors (Lipinski definition) is 2. The Morgan fingerprint density at radius 2 is 2.00 bits per heavy atom. The first-order valence-electron chi connectivity index (χ1n) is 7.12. The van der Waals surface area contributed by atoms with Crippen LogP contribution in [0.25, 0.3) is 0 Å². The molecule has 1 saturated carbocycles. The van der Waals surface area contributed by atoms with Crippen LogP contribution in [0.2, 0.25) is 0 Å². The first-order valence-corrected chi connectivity index (χ1v) is 7.12. The third-order valence-electron chi connectivity index (χ3n) is 4.22. The minimum absolute atomic E-state index is 0.00609. The fourth-order valence-corrected chi connectivity index (χ4v) is 2.70. The summed E-state index contributed by atoms with van der Waals surface area (Å²) in [6, 6.07) is 3.77. The Balaban J connectivity index is 2.02. The van der Waals surface area contributed by atoms with Crippen molar-refractivity contribution in [1.29, 1.82) is 0 Å². The zero-order valence-electron chi connectivity index (χ0n) is 12.2. The topological polar surface area (TPSA) is 55.1 Å². The van der Waals surface area contributed by atoms with Crippen LogP contribution in [0.5, 0.6) is 0 Å². The van der Waals surface area contributed by atoms with Crippen molar-refractivity contribution in [3.8, 4) is 0 Å². The molecule has 2 rings (SSSR count). The first kappa shape index (κ1) is 13.9. The third-order valence-corrected chi connectivity index (χ3v) is 4.22. The fourth-order valence-electron chi connectivity index (χ4n) is 2.70. The smallest absolute Gasteiger partial charge is 0.251 e. The standard InChI is InChI=1S/C16H24N2O/c1-4-5-16(6-7-16)10-18-15(19)13-9-14(17)12(3)8-11(13)2/h8-9H,4-7,10,17H2,1-3H3,(H,18,19). The minimum atomic E-state index is 0.00609. The van der Waals surface area contributed by atoms with Gasteiger partial charge < -0.3 is 11.1 Å². The molecule has 0 aromatic heterocycles. The number of benzene rings is 1. The summed E-state index contributed by atoms with van der Waals surface area (Å²) >= 11 is 0. The molecular formula is C16H24N2O. The molecule has 0 saturated heterocycles. The molecule has 3 nitrogen and oxygen atoms in total. The Morgan fingerprint density at radius 1 is 1.32 bits per heavy atom. The van der Waals surface area contributed by atoms with E-state index < -0.39 is 0 Å². The number of nitrogens with one attached hydrogen (secondary N) is 1.